The molecule has 112 valence electrons. The number of carbonyl (C=O) groups excluding carboxylic acids is 1. The number of allylic oxidation sites excluding steroid dienone is 2. The Morgan fingerprint density at radius 2 is 2.27 bits per heavy atom. The minimum Gasteiger partial charge on any atom is -0.343 e. The van der Waals surface area contributed by atoms with Crippen molar-refractivity contribution in [2.45, 2.75) is 0 Å². The fourth-order valence-electron chi connectivity index (χ4n) is 2.11. The van der Waals surface area contributed by atoms with Crippen LogP contribution in [-0.2, 0) is 15.5 Å². The van der Waals surface area contributed by atoms with Gasteiger partial charge in [-0.3, -0.25) is 14.8 Å². The number of carbonyl (C=O) groups is 1. The molecule has 0 radical (unpaired) electrons. The number of fused-ring (bicyclic) bond motifs is 6. The maximum absolute atomic E-state index is 12.1. The fourth-order valence-corrected chi connectivity index (χ4v) is 3.28. The summed E-state index contributed by atoms with van der Waals surface area (Å²) in [6.45, 7) is 1.31. The second-order valence-electron chi connectivity index (χ2n) is 4.72. The number of rotatable bonds is 0. The molecule has 0 aromatic carbocycles. The molecule has 1 atom stereocenters. The van der Waals surface area contributed by atoms with Gasteiger partial charge in [0, 0.05) is 48.4 Å². The molecule has 1 amide bonds. The first kappa shape index (κ1) is 14.6. The first-order valence-electron chi connectivity index (χ1n) is 6.99. The topological polar surface area (TPSA) is 57.4 Å². The summed E-state index contributed by atoms with van der Waals surface area (Å²) in [5, 5.41) is 1.92. The molecule has 0 N–H and O–H groups in total. The zero-order valence-electron chi connectivity index (χ0n) is 12.0. The van der Waals surface area contributed by atoms with Crippen molar-refractivity contribution in [3.63, 3.8) is 0 Å². The summed E-state index contributed by atoms with van der Waals surface area (Å²) < 4.78 is 4.23. The van der Waals surface area contributed by atoms with Crippen LogP contribution >= 0.6 is 0 Å². The van der Waals surface area contributed by atoms with Gasteiger partial charge in [-0.15, -0.1) is 0 Å². The summed E-state index contributed by atoms with van der Waals surface area (Å²) in [6.07, 6.45) is 16.9. The maximum Gasteiger partial charge on any atom is 0.283 e. The van der Waals surface area contributed by atoms with E-state index in [4.69, 9.17) is 0 Å². The Hall–Kier alpha value is -2.34. The molecule has 0 aromatic heterocycles. The Balaban J connectivity index is 1.91. The first-order valence-corrected chi connectivity index (χ1v) is 8.40. The van der Waals surface area contributed by atoms with Gasteiger partial charge in [-0.2, -0.15) is 4.36 Å². The number of hydrogen-bond acceptors (Lipinski definition) is 4. The molecule has 0 saturated carbocycles. The van der Waals surface area contributed by atoms with Gasteiger partial charge in [-0.05, 0) is 23.6 Å². The highest BCUT2D eigenvalue weighted by atomic mass is 32.2. The van der Waals surface area contributed by atoms with E-state index in [2.05, 4.69) is 20.4 Å². The Bertz CT molecular complexity index is 708. The predicted molar refractivity (Wildman–Crippen MR) is 91.8 cm³/mol. The summed E-state index contributed by atoms with van der Waals surface area (Å²) in [4.78, 5) is 22.6. The van der Waals surface area contributed by atoms with Crippen LogP contribution in [0.2, 0.25) is 0 Å². The van der Waals surface area contributed by atoms with Crippen LogP contribution in [0, 0.1) is 0 Å². The highest BCUT2D eigenvalue weighted by molar-refractivity contribution is 7.90. The highest BCUT2D eigenvalue weighted by Gasteiger charge is 2.15. The third-order valence-electron chi connectivity index (χ3n) is 3.20. The lowest BCUT2D eigenvalue weighted by atomic mass is 10.2. The predicted octanol–water partition coefficient (Wildman–Crippen LogP) is 2.15. The molecule has 1 unspecified atom stereocenters. The minimum absolute atomic E-state index is 0.155. The molecule has 5 nitrogen and oxygen atoms in total. The average molecular weight is 312 g/mol. The fraction of sp³-hybridized carbons (Fsp3) is 0.188. The number of nitrogens with zero attached hydrogens (tertiary/aromatic N) is 4. The third kappa shape index (κ3) is 3.65. The summed E-state index contributed by atoms with van der Waals surface area (Å²) in [7, 11) is -0.382. The number of hydrogen-bond donors (Lipinski definition) is 0. The molecule has 0 spiro atoms. The van der Waals surface area contributed by atoms with Gasteiger partial charge in [0.15, 0.2) is 0 Å². The van der Waals surface area contributed by atoms with Crippen LogP contribution < -0.4 is 0 Å². The third-order valence-corrected chi connectivity index (χ3v) is 4.58. The van der Waals surface area contributed by atoms with E-state index < -0.39 is 0 Å². The highest BCUT2D eigenvalue weighted by Crippen LogP contribution is 2.19. The van der Waals surface area contributed by atoms with Gasteiger partial charge < -0.3 is 4.90 Å². The summed E-state index contributed by atoms with van der Waals surface area (Å²) in [5.74, 6) is 0.606. The van der Waals surface area contributed by atoms with Crippen LogP contribution in [-0.4, -0.2) is 42.1 Å². The molecule has 4 rings (SSSR count). The second kappa shape index (κ2) is 7.09. The molecule has 4 heterocycles. The monoisotopic (exact) mass is 312 g/mol. The van der Waals surface area contributed by atoms with Gasteiger partial charge in [0.2, 0.25) is 0 Å². The lowest BCUT2D eigenvalue weighted by Crippen LogP contribution is -2.13. The van der Waals surface area contributed by atoms with E-state index in [-0.39, 0.29) is 16.6 Å². The molecule has 4 aliphatic heterocycles. The SMILES string of the molecule is O=C1N=S2C=CC=NCC=NC=CN3CC=CC3=CC1=CC2. The molecular formula is C16H16N4OS. The van der Waals surface area contributed by atoms with Crippen LogP contribution in [0.5, 0.6) is 0 Å². The second-order valence-corrected chi connectivity index (χ2v) is 6.31. The molecule has 0 saturated heterocycles. The molecule has 2 bridgehead atoms. The van der Waals surface area contributed by atoms with E-state index in [0.29, 0.717) is 12.1 Å². The van der Waals surface area contributed by atoms with Crippen molar-refractivity contribution in [3.05, 3.63) is 59.5 Å². The van der Waals surface area contributed by atoms with Gasteiger partial charge in [-0.25, -0.2) is 0 Å². The van der Waals surface area contributed by atoms with Crippen molar-refractivity contribution in [2.24, 2.45) is 14.3 Å². The number of amides is 1. The summed E-state index contributed by atoms with van der Waals surface area (Å²) in [5.41, 5.74) is 1.63. The Labute approximate surface area is 131 Å². The van der Waals surface area contributed by atoms with Crippen molar-refractivity contribution in [2.75, 3.05) is 18.8 Å². The van der Waals surface area contributed by atoms with E-state index in [1.807, 2.05) is 40.8 Å². The van der Waals surface area contributed by atoms with Crippen LogP contribution in [0.4, 0.5) is 0 Å². The lowest BCUT2D eigenvalue weighted by Gasteiger charge is -2.15. The zero-order chi connectivity index (χ0) is 15.2. The average Bonchev–Trinajstić information content (AvgIpc) is 2.94. The molecule has 0 aromatic rings. The van der Waals surface area contributed by atoms with Gasteiger partial charge in [0.25, 0.3) is 5.91 Å². The number of aliphatic imine (C=N–C) groups is 2. The summed E-state index contributed by atoms with van der Waals surface area (Å²) in [6, 6.07) is 0. The smallest absolute Gasteiger partial charge is 0.283 e. The Morgan fingerprint density at radius 1 is 1.32 bits per heavy atom. The van der Waals surface area contributed by atoms with Crippen LogP contribution in [0.15, 0.2) is 73.8 Å². The molecule has 0 fully saturated rings. The van der Waals surface area contributed by atoms with Crippen molar-refractivity contribution >= 4 is 29.0 Å². The van der Waals surface area contributed by atoms with E-state index in [9.17, 15) is 4.79 Å². The maximum atomic E-state index is 12.1. The summed E-state index contributed by atoms with van der Waals surface area (Å²) >= 11 is 0. The van der Waals surface area contributed by atoms with Crippen LogP contribution in [0.1, 0.15) is 0 Å². The Kier molecular flexibility index (Phi) is 4.70. The molecular weight excluding hydrogens is 296 g/mol. The first-order chi connectivity index (χ1) is 10.8. The van der Waals surface area contributed by atoms with Gasteiger partial charge in [-0.1, -0.05) is 22.8 Å². The molecule has 0 aliphatic carbocycles. The van der Waals surface area contributed by atoms with Crippen LogP contribution in [0.25, 0.3) is 0 Å². The molecule has 4 aliphatic rings. The quantitative estimate of drug-likeness (QED) is 0.688. The standard InChI is InChI=1S/C16H16N4OS/c21-16-14-4-12-22(19-16)11-2-5-17-6-7-18-8-10-20-9-1-3-15(20)13-14/h1-5,7-8,10-11,13H,6,9,12H2. The van der Waals surface area contributed by atoms with Gasteiger partial charge >= 0.3 is 0 Å². The van der Waals surface area contributed by atoms with Crippen molar-refractivity contribution in [1.29, 1.82) is 0 Å². The lowest BCUT2D eigenvalue weighted by molar-refractivity contribution is -0.113. The normalized spacial score (nSPS) is 24.3. The van der Waals surface area contributed by atoms with E-state index in [1.54, 1.807) is 18.6 Å². The minimum atomic E-state index is -0.382. The van der Waals surface area contributed by atoms with E-state index >= 15 is 0 Å². The van der Waals surface area contributed by atoms with Gasteiger partial charge in [0.1, 0.15) is 0 Å². The van der Waals surface area contributed by atoms with Crippen molar-refractivity contribution in [3.8, 4) is 0 Å². The van der Waals surface area contributed by atoms with Crippen molar-refractivity contribution < 1.29 is 4.79 Å². The molecule has 22 heavy (non-hydrogen) atoms. The van der Waals surface area contributed by atoms with Crippen molar-refractivity contribution in [1.82, 2.24) is 4.90 Å². The van der Waals surface area contributed by atoms with Crippen LogP contribution in [0.3, 0.4) is 0 Å². The molecule has 6 heteroatoms. The van der Waals surface area contributed by atoms with Gasteiger partial charge in [0.05, 0.1) is 6.54 Å². The van der Waals surface area contributed by atoms with E-state index in [0.717, 1.165) is 18.0 Å². The zero-order valence-corrected chi connectivity index (χ0v) is 12.8. The Morgan fingerprint density at radius 3 is 3.18 bits per heavy atom. The largest absolute Gasteiger partial charge is 0.343 e. The van der Waals surface area contributed by atoms with E-state index in [1.165, 1.54) is 0 Å².